The Morgan fingerprint density at radius 3 is 2.50 bits per heavy atom. The van der Waals surface area contributed by atoms with Crippen molar-refractivity contribution in [2.45, 2.75) is 12.8 Å². The first-order valence-corrected chi connectivity index (χ1v) is 6.21. The van der Waals surface area contributed by atoms with Gasteiger partial charge in [0.2, 0.25) is 5.91 Å². The number of amides is 1. The molecule has 18 heavy (non-hydrogen) atoms. The summed E-state index contributed by atoms with van der Waals surface area (Å²) in [4.78, 5) is 25.8. The fourth-order valence-corrected chi connectivity index (χ4v) is 2.07. The molecule has 1 amide bonds. The third-order valence-electron chi connectivity index (χ3n) is 3.25. The van der Waals surface area contributed by atoms with Gasteiger partial charge in [0.15, 0.2) is 0 Å². The van der Waals surface area contributed by atoms with E-state index in [1.807, 2.05) is 0 Å². The Balaban J connectivity index is 2.20. The van der Waals surface area contributed by atoms with Crippen molar-refractivity contribution >= 4 is 11.9 Å². The first-order chi connectivity index (χ1) is 8.49. The van der Waals surface area contributed by atoms with E-state index in [0.29, 0.717) is 5.92 Å². The second kappa shape index (κ2) is 7.33. The molecule has 0 saturated carbocycles. The van der Waals surface area contributed by atoms with Crippen molar-refractivity contribution in [1.29, 1.82) is 0 Å². The van der Waals surface area contributed by atoms with Crippen LogP contribution in [0.25, 0.3) is 0 Å². The minimum Gasteiger partial charge on any atom is -0.480 e. The Labute approximate surface area is 107 Å². The molecule has 1 aliphatic rings. The Morgan fingerprint density at radius 1 is 1.33 bits per heavy atom. The predicted octanol–water partition coefficient (Wildman–Crippen LogP) is -0.112. The number of carboxylic acids is 1. The van der Waals surface area contributed by atoms with Gasteiger partial charge in [0, 0.05) is 13.6 Å². The summed E-state index contributed by atoms with van der Waals surface area (Å²) in [6, 6.07) is 0. The van der Waals surface area contributed by atoms with Crippen LogP contribution in [0.3, 0.4) is 0 Å². The molecule has 0 atom stereocenters. The number of nitrogens with zero attached hydrogens (tertiary/aromatic N) is 2. The highest BCUT2D eigenvalue weighted by atomic mass is 16.5. The molecule has 0 aromatic heterocycles. The molecule has 1 saturated heterocycles. The van der Waals surface area contributed by atoms with Crippen molar-refractivity contribution in [2.75, 3.05) is 46.9 Å². The van der Waals surface area contributed by atoms with Crippen molar-refractivity contribution in [1.82, 2.24) is 9.80 Å². The van der Waals surface area contributed by atoms with Gasteiger partial charge < -0.3 is 19.6 Å². The summed E-state index contributed by atoms with van der Waals surface area (Å²) in [6.45, 7) is 2.29. The van der Waals surface area contributed by atoms with Crippen LogP contribution in [-0.2, 0) is 14.3 Å². The third kappa shape index (κ3) is 5.46. The monoisotopic (exact) mass is 258 g/mol. The van der Waals surface area contributed by atoms with E-state index in [2.05, 4.69) is 11.9 Å². The molecule has 0 aromatic rings. The zero-order chi connectivity index (χ0) is 13.5. The molecule has 0 spiro atoms. The van der Waals surface area contributed by atoms with Gasteiger partial charge in [0.25, 0.3) is 0 Å². The van der Waals surface area contributed by atoms with Crippen LogP contribution in [0.15, 0.2) is 0 Å². The number of ether oxygens (including phenoxy) is 1. The molecule has 1 N–H and O–H groups in total. The smallest absolute Gasteiger partial charge is 0.329 e. The molecular weight excluding hydrogens is 236 g/mol. The molecule has 0 aliphatic carbocycles. The standard InChI is InChI=1S/C12H22N2O4/c1-13-5-3-10(4-6-13)7-14(2)11(15)8-18-9-12(16)17/h10H,3-9H2,1-2H3,(H,16,17). The van der Waals surface area contributed by atoms with E-state index in [-0.39, 0.29) is 12.5 Å². The predicted molar refractivity (Wildman–Crippen MR) is 66.3 cm³/mol. The van der Waals surface area contributed by atoms with Gasteiger partial charge in [0.05, 0.1) is 0 Å². The number of aliphatic carboxylic acids is 1. The van der Waals surface area contributed by atoms with E-state index in [0.717, 1.165) is 32.5 Å². The molecule has 1 aliphatic heterocycles. The lowest BCUT2D eigenvalue weighted by Crippen LogP contribution is -2.39. The van der Waals surface area contributed by atoms with Crippen LogP contribution in [0.1, 0.15) is 12.8 Å². The molecule has 0 unspecified atom stereocenters. The van der Waals surface area contributed by atoms with E-state index in [4.69, 9.17) is 9.84 Å². The van der Waals surface area contributed by atoms with E-state index >= 15 is 0 Å². The first-order valence-electron chi connectivity index (χ1n) is 6.21. The molecule has 0 radical (unpaired) electrons. The largest absolute Gasteiger partial charge is 0.480 e. The third-order valence-corrected chi connectivity index (χ3v) is 3.25. The van der Waals surface area contributed by atoms with Crippen molar-refractivity contribution in [2.24, 2.45) is 5.92 Å². The fourth-order valence-electron chi connectivity index (χ4n) is 2.07. The fraction of sp³-hybridized carbons (Fsp3) is 0.833. The normalized spacial score (nSPS) is 17.7. The van der Waals surface area contributed by atoms with Crippen LogP contribution in [0.5, 0.6) is 0 Å². The van der Waals surface area contributed by atoms with Crippen LogP contribution >= 0.6 is 0 Å². The van der Waals surface area contributed by atoms with Crippen molar-refractivity contribution in [3.8, 4) is 0 Å². The number of carbonyl (C=O) groups excluding carboxylic acids is 1. The summed E-state index contributed by atoms with van der Waals surface area (Å²) < 4.78 is 4.79. The lowest BCUT2D eigenvalue weighted by molar-refractivity contribution is -0.145. The van der Waals surface area contributed by atoms with Gasteiger partial charge in [-0.1, -0.05) is 0 Å². The number of carbonyl (C=O) groups is 2. The molecule has 104 valence electrons. The second-order valence-electron chi connectivity index (χ2n) is 4.91. The van der Waals surface area contributed by atoms with Gasteiger partial charge in [-0.2, -0.15) is 0 Å². The van der Waals surface area contributed by atoms with Gasteiger partial charge in [-0.3, -0.25) is 4.79 Å². The summed E-state index contributed by atoms with van der Waals surface area (Å²) in [6.07, 6.45) is 2.20. The molecule has 6 heteroatoms. The average Bonchev–Trinajstić information content (AvgIpc) is 2.31. The second-order valence-corrected chi connectivity index (χ2v) is 4.91. The molecule has 6 nitrogen and oxygen atoms in total. The van der Waals surface area contributed by atoms with E-state index in [1.54, 1.807) is 11.9 Å². The summed E-state index contributed by atoms with van der Waals surface area (Å²) in [5.74, 6) is -0.675. The number of piperidine rings is 1. The SMILES string of the molecule is CN1CCC(CN(C)C(=O)COCC(=O)O)CC1. The topological polar surface area (TPSA) is 70.1 Å². The minimum atomic E-state index is -1.05. The van der Waals surface area contributed by atoms with Crippen LogP contribution < -0.4 is 0 Å². The summed E-state index contributed by atoms with van der Waals surface area (Å²) in [5, 5.41) is 8.40. The molecule has 0 aromatic carbocycles. The number of hydrogen-bond acceptors (Lipinski definition) is 4. The molecule has 0 bridgehead atoms. The maximum atomic E-state index is 11.7. The Morgan fingerprint density at radius 2 is 1.94 bits per heavy atom. The average molecular weight is 258 g/mol. The van der Waals surface area contributed by atoms with Gasteiger partial charge in [-0.05, 0) is 38.9 Å². The van der Waals surface area contributed by atoms with Crippen LogP contribution in [0.2, 0.25) is 0 Å². The summed E-state index contributed by atoms with van der Waals surface area (Å²) >= 11 is 0. The van der Waals surface area contributed by atoms with Crippen LogP contribution in [0.4, 0.5) is 0 Å². The number of likely N-dealkylation sites (N-methyl/N-ethyl adjacent to an activating group) is 1. The highest BCUT2D eigenvalue weighted by molar-refractivity contribution is 5.77. The Bertz CT molecular complexity index is 288. The van der Waals surface area contributed by atoms with Crippen LogP contribution in [0, 0.1) is 5.92 Å². The quantitative estimate of drug-likeness (QED) is 0.719. The van der Waals surface area contributed by atoms with Crippen molar-refractivity contribution < 1.29 is 19.4 Å². The van der Waals surface area contributed by atoms with E-state index < -0.39 is 12.6 Å². The zero-order valence-electron chi connectivity index (χ0n) is 11.1. The Hall–Kier alpha value is -1.14. The van der Waals surface area contributed by atoms with E-state index in [9.17, 15) is 9.59 Å². The van der Waals surface area contributed by atoms with Crippen molar-refractivity contribution in [3.63, 3.8) is 0 Å². The summed E-state index contributed by atoms with van der Waals surface area (Å²) in [7, 11) is 3.84. The van der Waals surface area contributed by atoms with E-state index in [1.165, 1.54) is 0 Å². The lowest BCUT2D eigenvalue weighted by Gasteiger charge is -2.31. The Kier molecular flexibility index (Phi) is 6.07. The maximum absolute atomic E-state index is 11.7. The number of hydrogen-bond donors (Lipinski definition) is 1. The molecule has 1 heterocycles. The number of carboxylic acid groups (broad SMARTS) is 1. The molecule has 1 fully saturated rings. The minimum absolute atomic E-state index is 0.157. The number of likely N-dealkylation sites (tertiary alicyclic amines) is 1. The van der Waals surface area contributed by atoms with Crippen LogP contribution in [-0.4, -0.2) is 73.7 Å². The zero-order valence-corrected chi connectivity index (χ0v) is 11.1. The molecule has 1 rings (SSSR count). The molecular formula is C12H22N2O4. The first kappa shape index (κ1) is 14.9. The van der Waals surface area contributed by atoms with Gasteiger partial charge in [-0.25, -0.2) is 4.79 Å². The number of rotatable bonds is 6. The highest BCUT2D eigenvalue weighted by Gasteiger charge is 2.20. The maximum Gasteiger partial charge on any atom is 0.329 e. The van der Waals surface area contributed by atoms with Gasteiger partial charge in [-0.15, -0.1) is 0 Å². The van der Waals surface area contributed by atoms with Gasteiger partial charge >= 0.3 is 5.97 Å². The van der Waals surface area contributed by atoms with Crippen molar-refractivity contribution in [3.05, 3.63) is 0 Å². The summed E-state index contributed by atoms with van der Waals surface area (Å²) in [5.41, 5.74) is 0. The lowest BCUT2D eigenvalue weighted by atomic mass is 9.97. The van der Waals surface area contributed by atoms with Gasteiger partial charge in [0.1, 0.15) is 13.2 Å². The highest BCUT2D eigenvalue weighted by Crippen LogP contribution is 2.16.